The summed E-state index contributed by atoms with van der Waals surface area (Å²) in [6, 6.07) is 3.18. The van der Waals surface area contributed by atoms with E-state index in [4.69, 9.17) is 9.47 Å². The molecule has 0 unspecified atom stereocenters. The van der Waals surface area contributed by atoms with Gasteiger partial charge in [-0.15, -0.1) is 0 Å². The Morgan fingerprint density at radius 2 is 2.15 bits per heavy atom. The number of unbranched alkanes of at least 4 members (excludes halogenated alkanes) is 1. The van der Waals surface area contributed by atoms with Gasteiger partial charge in [0.1, 0.15) is 6.61 Å². The van der Waals surface area contributed by atoms with Crippen molar-refractivity contribution >= 4 is 17.9 Å². The zero-order valence-electron chi connectivity index (χ0n) is 15.7. The highest BCUT2D eigenvalue weighted by molar-refractivity contribution is 6.00. The summed E-state index contributed by atoms with van der Waals surface area (Å²) in [5.74, 6) is -0.164. The number of halogens is 3. The van der Waals surface area contributed by atoms with Gasteiger partial charge in [-0.25, -0.2) is 9.79 Å². The van der Waals surface area contributed by atoms with E-state index >= 15 is 0 Å². The molecule has 1 aromatic carbocycles. The number of rotatable bonds is 7. The molecule has 148 valence electrons. The van der Waals surface area contributed by atoms with E-state index in [1.54, 1.807) is 0 Å². The number of aliphatic imine (C=N–C) groups is 1. The monoisotopic (exact) mass is 383 g/mol. The lowest BCUT2D eigenvalue weighted by molar-refractivity contribution is -0.138. The van der Waals surface area contributed by atoms with Crippen LogP contribution in [-0.4, -0.2) is 31.1 Å². The number of hydrogen-bond donors (Lipinski definition) is 0. The fourth-order valence-electron chi connectivity index (χ4n) is 2.46. The third-order valence-corrected chi connectivity index (χ3v) is 4.20. The molecule has 0 radical (unpaired) electrons. The summed E-state index contributed by atoms with van der Waals surface area (Å²) < 4.78 is 49.9. The van der Waals surface area contributed by atoms with E-state index in [0.29, 0.717) is 18.8 Å². The summed E-state index contributed by atoms with van der Waals surface area (Å²) in [6.45, 7) is 6.56. The summed E-state index contributed by atoms with van der Waals surface area (Å²) in [6.07, 6.45) is -0.192. The van der Waals surface area contributed by atoms with Gasteiger partial charge in [-0.1, -0.05) is 33.3 Å². The number of benzene rings is 1. The highest BCUT2D eigenvalue weighted by Gasteiger charge is 2.32. The first-order valence-corrected chi connectivity index (χ1v) is 8.99. The molecular formula is C20H24F3NO3. The Hall–Kier alpha value is -2.31. The average molecular weight is 383 g/mol. The van der Waals surface area contributed by atoms with Crippen molar-refractivity contribution < 1.29 is 27.4 Å². The molecule has 0 bridgehead atoms. The Morgan fingerprint density at radius 3 is 2.74 bits per heavy atom. The van der Waals surface area contributed by atoms with Gasteiger partial charge in [0.25, 0.3) is 0 Å². The Labute approximate surface area is 157 Å². The average Bonchev–Trinajstić information content (AvgIpc) is 3.09. The number of esters is 1. The first-order valence-electron chi connectivity index (χ1n) is 8.99. The third kappa shape index (κ3) is 5.84. The lowest BCUT2D eigenvalue weighted by Crippen LogP contribution is -2.13. The maximum absolute atomic E-state index is 13.1. The van der Waals surface area contributed by atoms with Crippen molar-refractivity contribution in [1.29, 1.82) is 0 Å². The molecule has 0 saturated heterocycles. The number of alkyl halides is 3. The molecule has 0 fully saturated rings. The van der Waals surface area contributed by atoms with E-state index in [9.17, 15) is 18.0 Å². The van der Waals surface area contributed by atoms with Gasteiger partial charge >= 0.3 is 12.1 Å². The van der Waals surface area contributed by atoms with Crippen LogP contribution in [0.2, 0.25) is 0 Å². The van der Waals surface area contributed by atoms with Crippen molar-refractivity contribution in [3.8, 4) is 0 Å². The molecular weight excluding hydrogens is 359 g/mol. The lowest BCUT2D eigenvalue weighted by atomic mass is 10.0. The standard InChI is InChI=1S/C20H24F3NO3/c1-4-5-10-26-18(25)9-7-14-6-8-15(20(21,22)23)11-16(14)19-24-17(12-27-19)13(2)3/h6-9,11,13,17H,4-5,10,12H2,1-3H3/b9-7+/t17-/m1/s1. The largest absolute Gasteiger partial charge is 0.475 e. The van der Waals surface area contributed by atoms with Gasteiger partial charge in [0.05, 0.1) is 18.2 Å². The normalized spacial score (nSPS) is 17.3. The fourth-order valence-corrected chi connectivity index (χ4v) is 2.46. The second-order valence-electron chi connectivity index (χ2n) is 6.71. The number of nitrogens with zero attached hydrogens (tertiary/aromatic N) is 1. The highest BCUT2D eigenvalue weighted by atomic mass is 19.4. The molecule has 1 aromatic rings. The van der Waals surface area contributed by atoms with Crippen molar-refractivity contribution in [3.05, 3.63) is 41.0 Å². The van der Waals surface area contributed by atoms with Crippen LogP contribution in [0.1, 0.15) is 50.3 Å². The van der Waals surface area contributed by atoms with Gasteiger partial charge in [-0.05, 0) is 36.1 Å². The van der Waals surface area contributed by atoms with E-state index in [1.807, 2.05) is 20.8 Å². The summed E-state index contributed by atoms with van der Waals surface area (Å²) in [7, 11) is 0. The lowest BCUT2D eigenvalue weighted by Gasteiger charge is -2.11. The summed E-state index contributed by atoms with van der Waals surface area (Å²) in [5.41, 5.74) is -0.163. The van der Waals surface area contributed by atoms with Crippen LogP contribution < -0.4 is 0 Å². The molecule has 2 rings (SSSR count). The van der Waals surface area contributed by atoms with Crippen LogP contribution in [0.5, 0.6) is 0 Å². The third-order valence-electron chi connectivity index (χ3n) is 4.20. The van der Waals surface area contributed by atoms with Crippen molar-refractivity contribution in [2.75, 3.05) is 13.2 Å². The SMILES string of the molecule is CCCCOC(=O)/C=C/c1ccc(C(F)(F)F)cc1C1=N[C@@H](C(C)C)CO1. The van der Waals surface area contributed by atoms with Crippen molar-refractivity contribution in [2.45, 2.75) is 45.8 Å². The van der Waals surface area contributed by atoms with E-state index in [0.717, 1.165) is 25.0 Å². The van der Waals surface area contributed by atoms with Crippen LogP contribution in [0.4, 0.5) is 13.2 Å². The van der Waals surface area contributed by atoms with E-state index < -0.39 is 17.7 Å². The molecule has 1 aliphatic heterocycles. The van der Waals surface area contributed by atoms with Gasteiger partial charge in [0, 0.05) is 11.6 Å². The van der Waals surface area contributed by atoms with Crippen LogP contribution in [-0.2, 0) is 20.4 Å². The number of carbonyl (C=O) groups is 1. The van der Waals surface area contributed by atoms with E-state index in [1.165, 1.54) is 18.2 Å². The predicted octanol–water partition coefficient (Wildman–Crippen LogP) is 4.86. The molecule has 4 nitrogen and oxygen atoms in total. The number of carbonyl (C=O) groups excluding carboxylic acids is 1. The molecule has 1 atom stereocenters. The smallest absolute Gasteiger partial charge is 0.416 e. The molecule has 1 aliphatic rings. The summed E-state index contributed by atoms with van der Waals surface area (Å²) in [5, 5.41) is 0. The molecule has 0 aromatic heterocycles. The first kappa shape index (κ1) is 21.0. The van der Waals surface area contributed by atoms with Crippen molar-refractivity contribution in [2.24, 2.45) is 10.9 Å². The molecule has 7 heteroatoms. The second kappa shape index (κ2) is 9.06. The van der Waals surface area contributed by atoms with Gasteiger partial charge in [0.2, 0.25) is 5.90 Å². The van der Waals surface area contributed by atoms with Crippen LogP contribution in [0, 0.1) is 5.92 Å². The molecule has 0 N–H and O–H groups in total. The fraction of sp³-hybridized carbons (Fsp3) is 0.500. The quantitative estimate of drug-likeness (QED) is 0.384. The molecule has 0 aliphatic carbocycles. The van der Waals surface area contributed by atoms with Crippen LogP contribution >= 0.6 is 0 Å². The van der Waals surface area contributed by atoms with Crippen LogP contribution in [0.3, 0.4) is 0 Å². The first-order chi connectivity index (χ1) is 12.7. The minimum Gasteiger partial charge on any atom is -0.475 e. The minimum absolute atomic E-state index is 0.106. The maximum Gasteiger partial charge on any atom is 0.416 e. The molecule has 1 heterocycles. The van der Waals surface area contributed by atoms with Gasteiger partial charge in [-0.3, -0.25) is 0 Å². The summed E-state index contributed by atoms with van der Waals surface area (Å²) >= 11 is 0. The van der Waals surface area contributed by atoms with E-state index in [2.05, 4.69) is 4.99 Å². The molecule has 27 heavy (non-hydrogen) atoms. The minimum atomic E-state index is -4.48. The Balaban J connectivity index is 2.31. The van der Waals surface area contributed by atoms with E-state index in [-0.39, 0.29) is 23.4 Å². The second-order valence-corrected chi connectivity index (χ2v) is 6.71. The maximum atomic E-state index is 13.1. The van der Waals surface area contributed by atoms with Gasteiger partial charge in [-0.2, -0.15) is 13.2 Å². The summed E-state index contributed by atoms with van der Waals surface area (Å²) in [4.78, 5) is 16.1. The van der Waals surface area contributed by atoms with Crippen LogP contribution in [0.25, 0.3) is 6.08 Å². The van der Waals surface area contributed by atoms with Gasteiger partial charge < -0.3 is 9.47 Å². The topological polar surface area (TPSA) is 47.9 Å². The predicted molar refractivity (Wildman–Crippen MR) is 97.5 cm³/mol. The molecule has 0 amide bonds. The number of ether oxygens (including phenoxy) is 2. The highest BCUT2D eigenvalue weighted by Crippen LogP contribution is 2.32. The molecule has 0 spiro atoms. The Morgan fingerprint density at radius 1 is 1.41 bits per heavy atom. The Kier molecular flexibility index (Phi) is 7.05. The zero-order valence-corrected chi connectivity index (χ0v) is 15.7. The Bertz CT molecular complexity index is 724. The van der Waals surface area contributed by atoms with Gasteiger partial charge in [0.15, 0.2) is 0 Å². The zero-order chi connectivity index (χ0) is 20.0. The van der Waals surface area contributed by atoms with Crippen molar-refractivity contribution in [1.82, 2.24) is 0 Å². The van der Waals surface area contributed by atoms with Crippen molar-refractivity contribution in [3.63, 3.8) is 0 Å². The number of hydrogen-bond acceptors (Lipinski definition) is 4. The molecule has 0 saturated carbocycles. The van der Waals surface area contributed by atoms with Crippen LogP contribution in [0.15, 0.2) is 29.3 Å².